The summed E-state index contributed by atoms with van der Waals surface area (Å²) >= 11 is 0. The van der Waals surface area contributed by atoms with Gasteiger partial charge in [-0.1, -0.05) is 12.1 Å². The largest absolute Gasteiger partial charge is 0.490 e. The molecule has 22 heteroatoms. The van der Waals surface area contributed by atoms with Crippen LogP contribution in [0.25, 0.3) is 0 Å². The number of aliphatic carboxylic acids is 3. The average molecular weight is 746 g/mol. The summed E-state index contributed by atoms with van der Waals surface area (Å²) in [4.78, 5) is 37.9. The Hall–Kier alpha value is -5.44. The Balaban J connectivity index is 0.000000352. The summed E-state index contributed by atoms with van der Waals surface area (Å²) in [6.07, 6.45) is -12.9. The van der Waals surface area contributed by atoms with E-state index in [0.717, 1.165) is 62.6 Å². The molecule has 0 bridgehead atoms. The fourth-order valence-corrected chi connectivity index (χ4v) is 4.30. The SMILES string of the molecule is O=C(O)C(F)(F)F.O=C(O)C(F)(F)F.O=C(O)C(F)(F)F.c1cc(C2CCN(c3ccc(NC4=NCCN4)cc3)CC2)ccc1NC1=NCCN1. The van der Waals surface area contributed by atoms with Crippen molar-refractivity contribution in [1.29, 1.82) is 0 Å². The Morgan fingerprint density at radius 3 is 1.25 bits per heavy atom. The van der Waals surface area contributed by atoms with Crippen molar-refractivity contribution in [2.75, 3.05) is 54.8 Å². The summed E-state index contributed by atoms with van der Waals surface area (Å²) in [5.41, 5.74) is 4.90. The molecule has 0 aliphatic carbocycles. The van der Waals surface area contributed by atoms with E-state index in [1.165, 1.54) is 24.1 Å². The quantitative estimate of drug-likeness (QED) is 0.215. The van der Waals surface area contributed by atoms with Gasteiger partial charge < -0.3 is 41.5 Å². The highest BCUT2D eigenvalue weighted by molar-refractivity contribution is 5.95. The van der Waals surface area contributed by atoms with Crippen LogP contribution in [0, 0.1) is 0 Å². The monoisotopic (exact) mass is 745 g/mol. The molecule has 0 aromatic heterocycles. The number of guanidine groups is 2. The number of anilines is 3. The molecule has 2 aromatic carbocycles. The van der Waals surface area contributed by atoms with E-state index >= 15 is 0 Å². The van der Waals surface area contributed by atoms with E-state index in [0.29, 0.717) is 5.92 Å². The number of nitrogens with one attached hydrogen (secondary N) is 4. The third kappa shape index (κ3) is 15.3. The molecule has 1 saturated heterocycles. The van der Waals surface area contributed by atoms with Gasteiger partial charge >= 0.3 is 36.4 Å². The van der Waals surface area contributed by atoms with Crippen molar-refractivity contribution >= 4 is 46.9 Å². The first-order chi connectivity index (χ1) is 23.7. The molecule has 1 fully saturated rings. The Morgan fingerprint density at radius 1 is 0.627 bits per heavy atom. The Kier molecular flexibility index (Phi) is 15.2. The number of aliphatic imine (C=N–C) groups is 2. The van der Waals surface area contributed by atoms with Gasteiger partial charge in [0, 0.05) is 43.2 Å². The van der Waals surface area contributed by atoms with Crippen LogP contribution in [0.2, 0.25) is 0 Å². The van der Waals surface area contributed by atoms with Crippen LogP contribution in [0.1, 0.15) is 24.3 Å². The molecule has 5 rings (SSSR count). The van der Waals surface area contributed by atoms with Crippen LogP contribution in [-0.2, 0) is 14.4 Å². The summed E-state index contributed by atoms with van der Waals surface area (Å²) in [7, 11) is 0. The summed E-state index contributed by atoms with van der Waals surface area (Å²) in [6, 6.07) is 17.5. The molecular weight excluding hydrogens is 713 g/mol. The molecule has 0 saturated carbocycles. The van der Waals surface area contributed by atoms with Gasteiger partial charge in [0.25, 0.3) is 0 Å². The topological polar surface area (TPSA) is 188 Å². The maximum absolute atomic E-state index is 10.6. The van der Waals surface area contributed by atoms with Gasteiger partial charge in [-0.25, -0.2) is 14.4 Å². The Bertz CT molecular complexity index is 1370. The minimum Gasteiger partial charge on any atom is -0.475 e. The number of carboxylic acids is 3. The molecule has 3 heterocycles. The number of hydrogen-bond acceptors (Lipinski definition) is 10. The summed E-state index contributed by atoms with van der Waals surface area (Å²) in [5, 5.41) is 34.5. The van der Waals surface area contributed by atoms with Crippen molar-refractivity contribution in [3.63, 3.8) is 0 Å². The molecule has 0 spiro atoms. The van der Waals surface area contributed by atoms with Gasteiger partial charge in [-0.05, 0) is 60.7 Å². The number of carbonyl (C=O) groups is 3. The lowest BCUT2D eigenvalue weighted by Gasteiger charge is -2.34. The van der Waals surface area contributed by atoms with Crippen molar-refractivity contribution in [3.05, 3.63) is 54.1 Å². The van der Waals surface area contributed by atoms with E-state index in [1.54, 1.807) is 0 Å². The van der Waals surface area contributed by atoms with Crippen LogP contribution in [0.4, 0.5) is 56.6 Å². The van der Waals surface area contributed by atoms with Crippen molar-refractivity contribution in [1.82, 2.24) is 10.6 Å². The summed E-state index contributed by atoms with van der Waals surface area (Å²) in [6.45, 7) is 5.72. The van der Waals surface area contributed by atoms with Crippen molar-refractivity contribution < 1.29 is 69.2 Å². The van der Waals surface area contributed by atoms with E-state index < -0.39 is 36.4 Å². The third-order valence-corrected chi connectivity index (χ3v) is 6.71. The van der Waals surface area contributed by atoms with E-state index in [9.17, 15) is 39.5 Å². The lowest BCUT2D eigenvalue weighted by Crippen LogP contribution is -2.32. The molecule has 7 N–H and O–H groups in total. The lowest BCUT2D eigenvalue weighted by molar-refractivity contribution is -0.193. The number of halogens is 9. The third-order valence-electron chi connectivity index (χ3n) is 6.71. The number of alkyl halides is 9. The van der Waals surface area contributed by atoms with E-state index in [1.807, 2.05) is 0 Å². The average Bonchev–Trinajstić information content (AvgIpc) is 3.76. The van der Waals surface area contributed by atoms with Gasteiger partial charge in [-0.15, -0.1) is 0 Å². The first kappa shape index (κ1) is 41.7. The maximum Gasteiger partial charge on any atom is 0.490 e. The smallest absolute Gasteiger partial charge is 0.475 e. The highest BCUT2D eigenvalue weighted by Crippen LogP contribution is 2.31. The Morgan fingerprint density at radius 2 is 0.961 bits per heavy atom. The fourth-order valence-electron chi connectivity index (χ4n) is 4.30. The standard InChI is InChI=1S/C23H29N7.3C2HF3O2/c1-3-19(28-22-24-11-12-25-22)4-2-17(1)18-9-15-30(16-10-18)21-7-5-20(6-8-21)29-23-26-13-14-27-23;3*3-2(4,5)1(6)7/h1-8,18H,9-16H2,(H2,24,25,28)(H2,26,27,29);3*(H,6,7). The number of carboxylic acid groups (broad SMARTS) is 3. The van der Waals surface area contributed by atoms with Gasteiger partial charge in [0.1, 0.15) is 0 Å². The molecule has 0 amide bonds. The van der Waals surface area contributed by atoms with Crippen LogP contribution in [0.3, 0.4) is 0 Å². The van der Waals surface area contributed by atoms with Crippen molar-refractivity contribution in [2.24, 2.45) is 9.98 Å². The van der Waals surface area contributed by atoms with Gasteiger partial charge in [-0.2, -0.15) is 39.5 Å². The molecule has 3 aliphatic rings. The van der Waals surface area contributed by atoms with Crippen LogP contribution < -0.4 is 26.2 Å². The molecule has 0 atom stereocenters. The minimum absolute atomic E-state index is 0.629. The molecule has 282 valence electrons. The highest BCUT2D eigenvalue weighted by atomic mass is 19.4. The molecular formula is C29H32F9N7O6. The predicted molar refractivity (Wildman–Crippen MR) is 166 cm³/mol. The second kappa shape index (κ2) is 18.5. The van der Waals surface area contributed by atoms with Crippen LogP contribution in [-0.4, -0.2) is 103 Å². The second-order valence-electron chi connectivity index (χ2n) is 10.4. The zero-order valence-corrected chi connectivity index (χ0v) is 26.2. The van der Waals surface area contributed by atoms with Crippen LogP contribution in [0.5, 0.6) is 0 Å². The van der Waals surface area contributed by atoms with Gasteiger partial charge in [-0.3, -0.25) is 9.98 Å². The normalized spacial score (nSPS) is 15.8. The number of piperidine rings is 1. The first-order valence-electron chi connectivity index (χ1n) is 14.6. The minimum atomic E-state index is -5.08. The molecule has 13 nitrogen and oxygen atoms in total. The van der Waals surface area contributed by atoms with Gasteiger partial charge in [0.2, 0.25) is 0 Å². The van der Waals surface area contributed by atoms with E-state index in [-0.39, 0.29) is 0 Å². The maximum atomic E-state index is 10.6. The molecule has 51 heavy (non-hydrogen) atoms. The molecule has 2 aromatic rings. The highest BCUT2D eigenvalue weighted by Gasteiger charge is 2.39. The fraction of sp³-hybridized carbons (Fsp3) is 0.414. The number of hydrogen-bond donors (Lipinski definition) is 7. The van der Waals surface area contributed by atoms with E-state index in [2.05, 4.69) is 84.7 Å². The molecule has 0 radical (unpaired) electrons. The molecule has 3 aliphatic heterocycles. The number of nitrogens with zero attached hydrogens (tertiary/aromatic N) is 3. The van der Waals surface area contributed by atoms with Crippen LogP contribution >= 0.6 is 0 Å². The van der Waals surface area contributed by atoms with Crippen molar-refractivity contribution in [3.8, 4) is 0 Å². The second-order valence-corrected chi connectivity index (χ2v) is 10.4. The number of benzene rings is 2. The van der Waals surface area contributed by atoms with Gasteiger partial charge in [0.05, 0.1) is 13.1 Å². The van der Waals surface area contributed by atoms with Gasteiger partial charge in [0.15, 0.2) is 11.9 Å². The number of rotatable bonds is 4. The molecule has 0 unspecified atom stereocenters. The lowest BCUT2D eigenvalue weighted by atomic mass is 9.89. The summed E-state index contributed by atoms with van der Waals surface area (Å²) in [5.74, 6) is -5.89. The predicted octanol–water partition coefficient (Wildman–Crippen LogP) is 4.71. The first-order valence-corrected chi connectivity index (χ1v) is 14.6. The van der Waals surface area contributed by atoms with E-state index in [4.69, 9.17) is 29.7 Å². The zero-order valence-electron chi connectivity index (χ0n) is 26.2. The summed E-state index contributed by atoms with van der Waals surface area (Å²) < 4.78 is 95.2. The van der Waals surface area contributed by atoms with Crippen molar-refractivity contribution in [2.45, 2.75) is 37.3 Å². The zero-order chi connectivity index (χ0) is 38.4. The Labute approximate surface area is 283 Å². The van der Waals surface area contributed by atoms with Crippen LogP contribution in [0.15, 0.2) is 58.5 Å².